The fourth-order valence-electron chi connectivity index (χ4n) is 4.73. The standard InChI is InChI=1S/C19H38N2/c1-13(2)9-17-12-21(19(11-20-17)14(3)4)18-8-7-15(5)10-16(18)6/h13-20H,7-12H2,1-6H3. The molecule has 0 aromatic rings. The van der Waals surface area contributed by atoms with Gasteiger partial charge in [-0.05, 0) is 49.4 Å². The molecule has 2 rings (SSSR count). The van der Waals surface area contributed by atoms with Crippen molar-refractivity contribution in [3.8, 4) is 0 Å². The summed E-state index contributed by atoms with van der Waals surface area (Å²) < 4.78 is 0. The predicted octanol–water partition coefficient (Wildman–Crippen LogP) is 4.16. The lowest BCUT2D eigenvalue weighted by Gasteiger charge is -2.50. The van der Waals surface area contributed by atoms with Crippen LogP contribution < -0.4 is 5.32 Å². The highest BCUT2D eigenvalue weighted by atomic mass is 15.3. The number of hydrogen-bond donors (Lipinski definition) is 1. The molecule has 0 amide bonds. The monoisotopic (exact) mass is 294 g/mol. The molecule has 2 nitrogen and oxygen atoms in total. The molecule has 1 saturated carbocycles. The minimum atomic E-state index is 0.701. The highest BCUT2D eigenvalue weighted by Gasteiger charge is 2.38. The van der Waals surface area contributed by atoms with Gasteiger partial charge in [-0.25, -0.2) is 0 Å². The molecule has 124 valence electrons. The van der Waals surface area contributed by atoms with Gasteiger partial charge in [-0.3, -0.25) is 4.90 Å². The molecule has 21 heavy (non-hydrogen) atoms. The maximum absolute atomic E-state index is 3.83. The molecular formula is C19H38N2. The predicted molar refractivity (Wildman–Crippen MR) is 92.5 cm³/mol. The molecule has 1 aliphatic heterocycles. The summed E-state index contributed by atoms with van der Waals surface area (Å²) in [6, 6.07) is 2.26. The average molecular weight is 295 g/mol. The van der Waals surface area contributed by atoms with E-state index in [2.05, 4.69) is 51.8 Å². The summed E-state index contributed by atoms with van der Waals surface area (Å²) >= 11 is 0. The van der Waals surface area contributed by atoms with E-state index in [1.54, 1.807) is 0 Å². The second kappa shape index (κ2) is 7.46. The van der Waals surface area contributed by atoms with Crippen LogP contribution in [-0.4, -0.2) is 36.1 Å². The Labute approximate surface area is 133 Å². The van der Waals surface area contributed by atoms with Crippen molar-refractivity contribution in [2.24, 2.45) is 23.7 Å². The third-order valence-electron chi connectivity index (χ3n) is 5.81. The highest BCUT2D eigenvalue weighted by Crippen LogP contribution is 2.35. The van der Waals surface area contributed by atoms with E-state index in [0.29, 0.717) is 6.04 Å². The molecule has 1 aliphatic carbocycles. The van der Waals surface area contributed by atoms with Gasteiger partial charge in [-0.15, -0.1) is 0 Å². The molecule has 1 saturated heterocycles. The maximum atomic E-state index is 3.83. The van der Waals surface area contributed by atoms with Crippen molar-refractivity contribution < 1.29 is 0 Å². The summed E-state index contributed by atoms with van der Waals surface area (Å²) in [5.74, 6) is 3.35. The zero-order valence-electron chi connectivity index (χ0n) is 15.2. The smallest absolute Gasteiger partial charge is 0.0247 e. The van der Waals surface area contributed by atoms with Crippen molar-refractivity contribution in [1.82, 2.24) is 10.2 Å². The quantitative estimate of drug-likeness (QED) is 0.837. The van der Waals surface area contributed by atoms with Crippen molar-refractivity contribution in [1.29, 1.82) is 0 Å². The summed E-state index contributed by atoms with van der Waals surface area (Å²) in [6.45, 7) is 16.9. The summed E-state index contributed by atoms with van der Waals surface area (Å²) in [7, 11) is 0. The SMILES string of the molecule is CC(C)CC1CN(C2CCC(C)CC2C)C(C(C)C)CN1. The molecular weight excluding hydrogens is 256 g/mol. The van der Waals surface area contributed by atoms with E-state index in [1.807, 2.05) is 0 Å². The Morgan fingerprint density at radius 1 is 1.10 bits per heavy atom. The van der Waals surface area contributed by atoms with Crippen molar-refractivity contribution in [2.75, 3.05) is 13.1 Å². The van der Waals surface area contributed by atoms with Crippen molar-refractivity contribution in [3.63, 3.8) is 0 Å². The third kappa shape index (κ3) is 4.45. The van der Waals surface area contributed by atoms with Gasteiger partial charge >= 0.3 is 0 Å². The molecule has 1 N–H and O–H groups in total. The van der Waals surface area contributed by atoms with E-state index in [4.69, 9.17) is 0 Å². The van der Waals surface area contributed by atoms with Crippen LogP contribution in [0.15, 0.2) is 0 Å². The molecule has 5 atom stereocenters. The zero-order valence-corrected chi connectivity index (χ0v) is 15.2. The minimum Gasteiger partial charge on any atom is -0.311 e. The van der Waals surface area contributed by atoms with Crippen LogP contribution in [0, 0.1) is 23.7 Å². The fraction of sp³-hybridized carbons (Fsp3) is 1.00. The Morgan fingerprint density at radius 2 is 1.81 bits per heavy atom. The Bertz CT molecular complexity index is 313. The number of nitrogens with zero attached hydrogens (tertiary/aromatic N) is 1. The van der Waals surface area contributed by atoms with Gasteiger partial charge in [-0.2, -0.15) is 0 Å². The first-order chi connectivity index (χ1) is 9.88. The van der Waals surface area contributed by atoms with Gasteiger partial charge in [0.05, 0.1) is 0 Å². The molecule has 5 unspecified atom stereocenters. The molecule has 2 heteroatoms. The fourth-order valence-corrected chi connectivity index (χ4v) is 4.73. The van der Waals surface area contributed by atoms with Gasteiger partial charge in [0, 0.05) is 31.2 Å². The first kappa shape index (κ1) is 17.3. The van der Waals surface area contributed by atoms with Crippen LogP contribution in [0.3, 0.4) is 0 Å². The lowest BCUT2D eigenvalue weighted by Crippen LogP contribution is -2.62. The number of nitrogens with one attached hydrogen (secondary N) is 1. The van der Waals surface area contributed by atoms with Crippen LogP contribution in [0.5, 0.6) is 0 Å². The molecule has 2 fully saturated rings. The largest absolute Gasteiger partial charge is 0.311 e. The summed E-state index contributed by atoms with van der Waals surface area (Å²) in [5.41, 5.74) is 0. The summed E-state index contributed by atoms with van der Waals surface area (Å²) in [4.78, 5) is 2.91. The Morgan fingerprint density at radius 3 is 2.38 bits per heavy atom. The molecule has 1 heterocycles. The lowest BCUT2D eigenvalue weighted by molar-refractivity contribution is 0.00568. The summed E-state index contributed by atoms with van der Waals surface area (Å²) in [6.07, 6.45) is 5.59. The lowest BCUT2D eigenvalue weighted by atomic mass is 9.77. The number of rotatable bonds is 4. The first-order valence-electron chi connectivity index (χ1n) is 9.37. The second-order valence-electron chi connectivity index (χ2n) is 8.71. The second-order valence-corrected chi connectivity index (χ2v) is 8.71. The van der Waals surface area contributed by atoms with Crippen LogP contribution in [0.2, 0.25) is 0 Å². The van der Waals surface area contributed by atoms with Gasteiger partial charge < -0.3 is 5.32 Å². The van der Waals surface area contributed by atoms with E-state index in [9.17, 15) is 0 Å². The van der Waals surface area contributed by atoms with E-state index in [1.165, 1.54) is 38.8 Å². The van der Waals surface area contributed by atoms with Crippen molar-refractivity contribution in [2.45, 2.75) is 85.4 Å². The van der Waals surface area contributed by atoms with Crippen LogP contribution >= 0.6 is 0 Å². The highest BCUT2D eigenvalue weighted by molar-refractivity contribution is 4.94. The van der Waals surface area contributed by atoms with Crippen molar-refractivity contribution in [3.05, 3.63) is 0 Å². The number of piperazine rings is 1. The molecule has 0 spiro atoms. The van der Waals surface area contributed by atoms with E-state index >= 15 is 0 Å². The third-order valence-corrected chi connectivity index (χ3v) is 5.81. The Kier molecular flexibility index (Phi) is 6.14. The van der Waals surface area contributed by atoms with Crippen LogP contribution in [0.4, 0.5) is 0 Å². The van der Waals surface area contributed by atoms with Gasteiger partial charge in [-0.1, -0.05) is 41.5 Å². The van der Waals surface area contributed by atoms with E-state index in [-0.39, 0.29) is 0 Å². The van der Waals surface area contributed by atoms with Gasteiger partial charge in [0.25, 0.3) is 0 Å². The van der Waals surface area contributed by atoms with Gasteiger partial charge in [0.2, 0.25) is 0 Å². The maximum Gasteiger partial charge on any atom is 0.0247 e. The Balaban J connectivity index is 2.06. The number of hydrogen-bond acceptors (Lipinski definition) is 2. The average Bonchev–Trinajstić information content (AvgIpc) is 2.37. The molecule has 0 aromatic carbocycles. The molecule has 2 aliphatic rings. The molecule has 0 bridgehead atoms. The topological polar surface area (TPSA) is 15.3 Å². The van der Waals surface area contributed by atoms with Gasteiger partial charge in [0.15, 0.2) is 0 Å². The normalized spacial score (nSPS) is 39.1. The van der Waals surface area contributed by atoms with Crippen LogP contribution in [-0.2, 0) is 0 Å². The van der Waals surface area contributed by atoms with Crippen LogP contribution in [0.25, 0.3) is 0 Å². The van der Waals surface area contributed by atoms with Crippen LogP contribution in [0.1, 0.15) is 67.2 Å². The molecule has 0 aromatic heterocycles. The van der Waals surface area contributed by atoms with E-state index < -0.39 is 0 Å². The van der Waals surface area contributed by atoms with Gasteiger partial charge in [0.1, 0.15) is 0 Å². The minimum absolute atomic E-state index is 0.701. The van der Waals surface area contributed by atoms with E-state index in [0.717, 1.165) is 35.8 Å². The summed E-state index contributed by atoms with van der Waals surface area (Å²) in [5, 5.41) is 3.83. The zero-order chi connectivity index (χ0) is 15.6. The molecule has 0 radical (unpaired) electrons. The van der Waals surface area contributed by atoms with Crippen molar-refractivity contribution >= 4 is 0 Å². The first-order valence-corrected chi connectivity index (χ1v) is 9.37. The Hall–Kier alpha value is -0.0800.